The van der Waals surface area contributed by atoms with Gasteiger partial charge in [-0.3, -0.25) is 0 Å². The van der Waals surface area contributed by atoms with Gasteiger partial charge in [0.25, 0.3) is 0 Å². The van der Waals surface area contributed by atoms with Gasteiger partial charge in [0.1, 0.15) is 5.75 Å². The van der Waals surface area contributed by atoms with Crippen LogP contribution in [0.5, 0.6) is 5.75 Å². The van der Waals surface area contributed by atoms with Crippen LogP contribution in [0.4, 0.5) is 0 Å². The second-order valence-electron chi connectivity index (χ2n) is 5.57. The van der Waals surface area contributed by atoms with Gasteiger partial charge in [0, 0.05) is 20.6 Å². The molecule has 0 aliphatic heterocycles. The Morgan fingerprint density at radius 2 is 1.64 bits per heavy atom. The van der Waals surface area contributed by atoms with Crippen LogP contribution in [0, 0.1) is 6.92 Å². The van der Waals surface area contributed by atoms with Crippen LogP contribution in [0.15, 0.2) is 59.1 Å². The summed E-state index contributed by atoms with van der Waals surface area (Å²) >= 11 is 3.69. The maximum atomic E-state index is 5.66. The van der Waals surface area contributed by atoms with E-state index in [1.165, 1.54) is 37.9 Å². The van der Waals surface area contributed by atoms with Gasteiger partial charge in [0.2, 0.25) is 0 Å². The Bertz CT molecular complexity index is 1030. The minimum atomic E-state index is 0.916. The fraction of sp³-hybridized carbons (Fsp3) is 0.100. The highest BCUT2D eigenvalue weighted by Gasteiger charge is 2.13. The monoisotopic (exact) mass is 350 g/mol. The lowest BCUT2D eigenvalue weighted by molar-refractivity contribution is 0.420. The average molecular weight is 351 g/mol. The Morgan fingerprint density at radius 3 is 2.45 bits per heavy atom. The third-order valence-corrected chi connectivity index (χ3v) is 5.03. The molecule has 0 aromatic heterocycles. The predicted octanol–water partition coefficient (Wildman–Crippen LogP) is 6.23. The van der Waals surface area contributed by atoms with Crippen LogP contribution in [0.3, 0.4) is 0 Å². The standard InChI is InChI=1S/C20H15BrO/c1-12-11-16-17(21)9-10-18(22-2)20(16)19-14(12)8-7-13-5-3-4-6-15(13)19/h3-11H,1-2H3. The number of hydrogen-bond donors (Lipinski definition) is 0. The quantitative estimate of drug-likeness (QED) is 0.370. The van der Waals surface area contributed by atoms with Crippen molar-refractivity contribution in [1.29, 1.82) is 0 Å². The van der Waals surface area contributed by atoms with Gasteiger partial charge in [-0.05, 0) is 46.8 Å². The molecule has 2 heteroatoms. The molecular weight excluding hydrogens is 336 g/mol. The molecule has 0 saturated carbocycles. The number of ether oxygens (including phenoxy) is 1. The highest BCUT2D eigenvalue weighted by molar-refractivity contribution is 9.10. The molecule has 0 amide bonds. The fourth-order valence-electron chi connectivity index (χ4n) is 3.31. The Kier molecular flexibility index (Phi) is 3.08. The van der Waals surface area contributed by atoms with E-state index in [4.69, 9.17) is 4.74 Å². The molecule has 0 radical (unpaired) electrons. The minimum Gasteiger partial charge on any atom is -0.496 e. The third-order valence-electron chi connectivity index (χ3n) is 4.34. The summed E-state index contributed by atoms with van der Waals surface area (Å²) in [5.41, 5.74) is 1.28. The molecule has 0 heterocycles. The lowest BCUT2D eigenvalue weighted by atomic mass is 9.93. The molecule has 0 spiro atoms. The smallest absolute Gasteiger partial charge is 0.127 e. The van der Waals surface area contributed by atoms with Crippen molar-refractivity contribution in [3.63, 3.8) is 0 Å². The Hall–Kier alpha value is -2.06. The Balaban J connectivity index is 2.41. The van der Waals surface area contributed by atoms with E-state index in [0.717, 1.165) is 10.2 Å². The number of aryl methyl sites for hydroxylation is 1. The number of halogens is 1. The fourth-order valence-corrected chi connectivity index (χ4v) is 3.75. The van der Waals surface area contributed by atoms with E-state index in [-0.39, 0.29) is 0 Å². The van der Waals surface area contributed by atoms with Crippen molar-refractivity contribution in [3.05, 3.63) is 64.6 Å². The van der Waals surface area contributed by atoms with E-state index < -0.39 is 0 Å². The van der Waals surface area contributed by atoms with Crippen LogP contribution in [-0.4, -0.2) is 7.11 Å². The van der Waals surface area contributed by atoms with Crippen molar-refractivity contribution in [3.8, 4) is 5.75 Å². The van der Waals surface area contributed by atoms with E-state index >= 15 is 0 Å². The summed E-state index contributed by atoms with van der Waals surface area (Å²) in [6.45, 7) is 2.17. The lowest BCUT2D eigenvalue weighted by Crippen LogP contribution is -1.90. The number of rotatable bonds is 1. The van der Waals surface area contributed by atoms with E-state index in [9.17, 15) is 0 Å². The Labute approximate surface area is 137 Å². The zero-order valence-corrected chi connectivity index (χ0v) is 14.1. The van der Waals surface area contributed by atoms with Crippen molar-refractivity contribution in [2.45, 2.75) is 6.92 Å². The van der Waals surface area contributed by atoms with Crippen LogP contribution in [0.2, 0.25) is 0 Å². The largest absolute Gasteiger partial charge is 0.496 e. The van der Waals surface area contributed by atoms with Crippen molar-refractivity contribution in [2.75, 3.05) is 7.11 Å². The van der Waals surface area contributed by atoms with Crippen LogP contribution >= 0.6 is 15.9 Å². The maximum Gasteiger partial charge on any atom is 0.127 e. The predicted molar refractivity (Wildman–Crippen MR) is 97.9 cm³/mol. The van der Waals surface area contributed by atoms with E-state index in [2.05, 4.69) is 71.4 Å². The molecular formula is C20H15BrO. The van der Waals surface area contributed by atoms with Gasteiger partial charge in [-0.1, -0.05) is 52.3 Å². The van der Waals surface area contributed by atoms with Crippen LogP contribution < -0.4 is 4.74 Å². The molecule has 1 nitrogen and oxygen atoms in total. The summed E-state index contributed by atoms with van der Waals surface area (Å²) in [6.07, 6.45) is 0. The summed E-state index contributed by atoms with van der Waals surface area (Å²) in [7, 11) is 1.74. The molecule has 0 N–H and O–H groups in total. The van der Waals surface area contributed by atoms with E-state index in [1.807, 2.05) is 6.07 Å². The molecule has 0 bridgehead atoms. The Morgan fingerprint density at radius 1 is 0.818 bits per heavy atom. The van der Waals surface area contributed by atoms with Gasteiger partial charge in [-0.15, -0.1) is 0 Å². The highest BCUT2D eigenvalue weighted by atomic mass is 79.9. The van der Waals surface area contributed by atoms with Crippen LogP contribution in [0.25, 0.3) is 32.3 Å². The SMILES string of the molecule is COc1ccc(Br)c2cc(C)c3ccc4ccccc4c3c12. The molecule has 0 unspecified atom stereocenters. The van der Waals surface area contributed by atoms with Gasteiger partial charge < -0.3 is 4.74 Å². The number of hydrogen-bond acceptors (Lipinski definition) is 1. The summed E-state index contributed by atoms with van der Waals surface area (Å²) in [4.78, 5) is 0. The van der Waals surface area contributed by atoms with Crippen molar-refractivity contribution >= 4 is 48.2 Å². The highest BCUT2D eigenvalue weighted by Crippen LogP contribution is 2.41. The third kappa shape index (κ3) is 1.84. The van der Waals surface area contributed by atoms with E-state index in [1.54, 1.807) is 7.11 Å². The summed E-state index contributed by atoms with van der Waals surface area (Å²) in [6, 6.07) is 19.3. The molecule has 0 fully saturated rings. The van der Waals surface area contributed by atoms with Gasteiger partial charge in [-0.2, -0.15) is 0 Å². The maximum absolute atomic E-state index is 5.66. The topological polar surface area (TPSA) is 9.23 Å². The number of fused-ring (bicyclic) bond motifs is 5. The van der Waals surface area contributed by atoms with Crippen molar-refractivity contribution < 1.29 is 4.74 Å². The van der Waals surface area contributed by atoms with Crippen LogP contribution in [-0.2, 0) is 0 Å². The average Bonchev–Trinajstić information content (AvgIpc) is 2.55. The molecule has 4 rings (SSSR count). The van der Waals surface area contributed by atoms with Crippen LogP contribution in [0.1, 0.15) is 5.56 Å². The van der Waals surface area contributed by atoms with Gasteiger partial charge >= 0.3 is 0 Å². The first kappa shape index (κ1) is 13.6. The molecule has 0 aliphatic carbocycles. The molecule has 0 aliphatic rings. The van der Waals surface area contributed by atoms with Crippen molar-refractivity contribution in [2.24, 2.45) is 0 Å². The normalized spacial score (nSPS) is 11.4. The molecule has 0 saturated heterocycles. The zero-order valence-electron chi connectivity index (χ0n) is 12.5. The molecule has 4 aromatic rings. The first-order valence-electron chi connectivity index (χ1n) is 7.28. The first-order valence-corrected chi connectivity index (χ1v) is 8.07. The minimum absolute atomic E-state index is 0.916. The number of benzene rings is 4. The molecule has 4 aromatic carbocycles. The second-order valence-corrected chi connectivity index (χ2v) is 6.43. The van der Waals surface area contributed by atoms with Gasteiger partial charge in [-0.25, -0.2) is 0 Å². The molecule has 108 valence electrons. The molecule has 0 atom stereocenters. The number of methoxy groups -OCH3 is 1. The summed E-state index contributed by atoms with van der Waals surface area (Å²) < 4.78 is 6.76. The van der Waals surface area contributed by atoms with E-state index in [0.29, 0.717) is 0 Å². The zero-order chi connectivity index (χ0) is 15.3. The lowest BCUT2D eigenvalue weighted by Gasteiger charge is -2.14. The second kappa shape index (κ2) is 4.99. The summed E-state index contributed by atoms with van der Waals surface area (Å²) in [5, 5.41) is 7.44. The van der Waals surface area contributed by atoms with Crippen molar-refractivity contribution in [1.82, 2.24) is 0 Å². The summed E-state index contributed by atoms with van der Waals surface area (Å²) in [5.74, 6) is 0.916. The van der Waals surface area contributed by atoms with Gasteiger partial charge in [0.05, 0.1) is 7.11 Å². The van der Waals surface area contributed by atoms with Gasteiger partial charge in [0.15, 0.2) is 0 Å². The molecule has 22 heavy (non-hydrogen) atoms. The first-order chi connectivity index (χ1) is 10.7.